The van der Waals surface area contributed by atoms with Gasteiger partial charge in [-0.15, -0.1) is 0 Å². The van der Waals surface area contributed by atoms with Gasteiger partial charge in [0.25, 0.3) is 0 Å². The molecular weight excluding hydrogens is 302 g/mol. The Morgan fingerprint density at radius 3 is 2.82 bits per heavy atom. The molecule has 0 saturated carbocycles. The number of nitrogens with one attached hydrogen (secondary N) is 3. The molecule has 1 amide bonds. The van der Waals surface area contributed by atoms with E-state index in [0.29, 0.717) is 23.7 Å². The van der Waals surface area contributed by atoms with Gasteiger partial charge in [0, 0.05) is 12.1 Å². The Morgan fingerprint density at radius 1 is 1.41 bits per heavy atom. The highest BCUT2D eigenvalue weighted by atomic mass is 32.2. The van der Waals surface area contributed by atoms with E-state index in [4.69, 9.17) is 0 Å². The van der Waals surface area contributed by atoms with Crippen LogP contribution in [0.5, 0.6) is 0 Å². The van der Waals surface area contributed by atoms with Crippen molar-refractivity contribution in [1.29, 1.82) is 0 Å². The van der Waals surface area contributed by atoms with Crippen molar-refractivity contribution in [3.63, 3.8) is 0 Å². The predicted octanol–water partition coefficient (Wildman–Crippen LogP) is 1.69. The quantitative estimate of drug-likeness (QED) is 0.743. The molecule has 1 aromatic carbocycles. The molecule has 22 heavy (non-hydrogen) atoms. The SMILES string of the molecule is Cc1ccc(NC(=O)CCC2CCNC2)cc1NS(C)(=O)=O. The summed E-state index contributed by atoms with van der Waals surface area (Å²) in [7, 11) is -3.34. The van der Waals surface area contributed by atoms with Gasteiger partial charge in [-0.2, -0.15) is 0 Å². The van der Waals surface area contributed by atoms with Gasteiger partial charge in [-0.1, -0.05) is 6.07 Å². The molecule has 6 nitrogen and oxygen atoms in total. The molecule has 1 aliphatic rings. The lowest BCUT2D eigenvalue weighted by Gasteiger charge is -2.12. The normalized spacial score (nSPS) is 18.2. The minimum atomic E-state index is -3.34. The zero-order valence-electron chi connectivity index (χ0n) is 13.0. The van der Waals surface area contributed by atoms with E-state index < -0.39 is 10.0 Å². The van der Waals surface area contributed by atoms with Gasteiger partial charge in [-0.3, -0.25) is 9.52 Å². The molecule has 0 spiro atoms. The average molecular weight is 325 g/mol. The van der Waals surface area contributed by atoms with Crippen molar-refractivity contribution in [2.24, 2.45) is 5.92 Å². The number of aryl methyl sites for hydroxylation is 1. The molecule has 1 heterocycles. The van der Waals surface area contributed by atoms with E-state index in [1.165, 1.54) is 0 Å². The van der Waals surface area contributed by atoms with E-state index in [-0.39, 0.29) is 5.91 Å². The Bertz CT molecular complexity index is 637. The first kappa shape index (κ1) is 16.8. The smallest absolute Gasteiger partial charge is 0.229 e. The third-order valence-electron chi connectivity index (χ3n) is 3.76. The fourth-order valence-corrected chi connectivity index (χ4v) is 3.15. The minimum absolute atomic E-state index is 0.0407. The predicted molar refractivity (Wildman–Crippen MR) is 88.5 cm³/mol. The Labute approximate surface area is 131 Å². The first-order chi connectivity index (χ1) is 10.3. The molecule has 2 rings (SSSR count). The lowest BCUT2D eigenvalue weighted by Crippen LogP contribution is -2.15. The van der Waals surface area contributed by atoms with Crippen LogP contribution in [0.2, 0.25) is 0 Å². The number of amides is 1. The van der Waals surface area contributed by atoms with Crippen molar-refractivity contribution in [1.82, 2.24) is 5.32 Å². The molecule has 0 bridgehead atoms. The van der Waals surface area contributed by atoms with E-state index >= 15 is 0 Å². The molecule has 1 saturated heterocycles. The Hall–Kier alpha value is -1.60. The van der Waals surface area contributed by atoms with Gasteiger partial charge in [-0.25, -0.2) is 8.42 Å². The van der Waals surface area contributed by atoms with Gasteiger partial charge in [0.1, 0.15) is 0 Å². The van der Waals surface area contributed by atoms with Crippen LogP contribution < -0.4 is 15.4 Å². The van der Waals surface area contributed by atoms with E-state index in [2.05, 4.69) is 15.4 Å². The van der Waals surface area contributed by atoms with Gasteiger partial charge in [0.15, 0.2) is 0 Å². The molecule has 1 aromatic rings. The minimum Gasteiger partial charge on any atom is -0.326 e. The molecule has 1 atom stereocenters. The van der Waals surface area contributed by atoms with Crippen LogP contribution in [-0.2, 0) is 14.8 Å². The van der Waals surface area contributed by atoms with Crippen molar-refractivity contribution < 1.29 is 13.2 Å². The molecule has 7 heteroatoms. The number of carbonyl (C=O) groups is 1. The topological polar surface area (TPSA) is 87.3 Å². The lowest BCUT2D eigenvalue weighted by atomic mass is 10.0. The maximum absolute atomic E-state index is 12.0. The average Bonchev–Trinajstić information content (AvgIpc) is 2.92. The fourth-order valence-electron chi connectivity index (χ4n) is 2.53. The second-order valence-corrected chi connectivity index (χ2v) is 7.60. The lowest BCUT2D eigenvalue weighted by molar-refractivity contribution is -0.116. The molecule has 122 valence electrons. The number of anilines is 2. The summed E-state index contributed by atoms with van der Waals surface area (Å²) in [5, 5.41) is 6.11. The van der Waals surface area contributed by atoms with Crippen LogP contribution in [0.4, 0.5) is 11.4 Å². The van der Waals surface area contributed by atoms with E-state index in [9.17, 15) is 13.2 Å². The summed E-state index contributed by atoms with van der Waals surface area (Å²) in [6.07, 6.45) is 3.59. The maximum Gasteiger partial charge on any atom is 0.229 e. The molecule has 0 aromatic heterocycles. The van der Waals surface area contributed by atoms with Crippen LogP contribution in [0.25, 0.3) is 0 Å². The van der Waals surface area contributed by atoms with Crippen LogP contribution in [0.1, 0.15) is 24.8 Å². The van der Waals surface area contributed by atoms with Gasteiger partial charge in [0.2, 0.25) is 15.9 Å². The van der Waals surface area contributed by atoms with Crippen molar-refractivity contribution in [2.45, 2.75) is 26.2 Å². The highest BCUT2D eigenvalue weighted by Crippen LogP contribution is 2.22. The van der Waals surface area contributed by atoms with Gasteiger partial charge in [-0.05, 0) is 56.5 Å². The largest absolute Gasteiger partial charge is 0.326 e. The Balaban J connectivity index is 1.94. The Kier molecular flexibility index (Phi) is 5.42. The summed E-state index contributed by atoms with van der Waals surface area (Å²) in [6, 6.07) is 5.20. The van der Waals surface area contributed by atoms with Crippen molar-refractivity contribution >= 4 is 27.3 Å². The standard InChI is InChI=1S/C15H23N3O3S/c1-11-3-5-13(9-14(11)18-22(2,20)21)17-15(19)6-4-12-7-8-16-10-12/h3,5,9,12,16,18H,4,6-8,10H2,1-2H3,(H,17,19). The number of rotatable bonds is 6. The van der Waals surface area contributed by atoms with Crippen molar-refractivity contribution in [2.75, 3.05) is 29.4 Å². The number of benzene rings is 1. The molecule has 3 N–H and O–H groups in total. The summed E-state index contributed by atoms with van der Waals surface area (Å²) in [4.78, 5) is 12.0. The monoisotopic (exact) mass is 325 g/mol. The third kappa shape index (κ3) is 5.31. The zero-order valence-corrected chi connectivity index (χ0v) is 13.8. The summed E-state index contributed by atoms with van der Waals surface area (Å²) in [6.45, 7) is 3.83. The molecule has 0 aliphatic carbocycles. The van der Waals surface area contributed by atoms with Crippen molar-refractivity contribution in [3.8, 4) is 0 Å². The van der Waals surface area contributed by atoms with Gasteiger partial charge in [0.05, 0.1) is 11.9 Å². The van der Waals surface area contributed by atoms with E-state index in [0.717, 1.165) is 37.8 Å². The number of hydrogen-bond donors (Lipinski definition) is 3. The van der Waals surface area contributed by atoms with Crippen LogP contribution in [-0.4, -0.2) is 33.7 Å². The second-order valence-electron chi connectivity index (χ2n) is 5.85. The molecule has 0 radical (unpaired) electrons. The second kappa shape index (κ2) is 7.11. The van der Waals surface area contributed by atoms with Crippen LogP contribution >= 0.6 is 0 Å². The van der Waals surface area contributed by atoms with Crippen molar-refractivity contribution in [3.05, 3.63) is 23.8 Å². The number of sulfonamides is 1. The summed E-state index contributed by atoms with van der Waals surface area (Å²) in [5.74, 6) is 0.535. The fraction of sp³-hybridized carbons (Fsp3) is 0.533. The Morgan fingerprint density at radius 2 is 2.18 bits per heavy atom. The molecular formula is C15H23N3O3S. The molecule has 1 fully saturated rings. The first-order valence-corrected chi connectivity index (χ1v) is 9.31. The first-order valence-electron chi connectivity index (χ1n) is 7.42. The van der Waals surface area contributed by atoms with E-state index in [1.807, 2.05) is 6.92 Å². The summed E-state index contributed by atoms with van der Waals surface area (Å²) < 4.78 is 25.1. The zero-order chi connectivity index (χ0) is 16.2. The summed E-state index contributed by atoms with van der Waals surface area (Å²) in [5.41, 5.74) is 1.90. The highest BCUT2D eigenvalue weighted by Gasteiger charge is 2.16. The number of hydrogen-bond acceptors (Lipinski definition) is 4. The molecule has 1 aliphatic heterocycles. The maximum atomic E-state index is 12.0. The third-order valence-corrected chi connectivity index (χ3v) is 4.35. The van der Waals surface area contributed by atoms with Crippen LogP contribution in [0.3, 0.4) is 0 Å². The highest BCUT2D eigenvalue weighted by molar-refractivity contribution is 7.92. The van der Waals surface area contributed by atoms with Gasteiger partial charge < -0.3 is 10.6 Å². The molecule has 1 unspecified atom stereocenters. The number of carbonyl (C=O) groups excluding carboxylic acids is 1. The van der Waals surface area contributed by atoms with Gasteiger partial charge >= 0.3 is 0 Å². The van der Waals surface area contributed by atoms with Crippen LogP contribution in [0, 0.1) is 12.8 Å². The summed E-state index contributed by atoms with van der Waals surface area (Å²) >= 11 is 0. The van der Waals surface area contributed by atoms with Crippen LogP contribution in [0.15, 0.2) is 18.2 Å². The van der Waals surface area contributed by atoms with E-state index in [1.54, 1.807) is 18.2 Å².